The molecule has 0 spiro atoms. The molecule has 0 saturated heterocycles. The van der Waals surface area contributed by atoms with Crippen LogP contribution in [0, 0.1) is 25.2 Å². The summed E-state index contributed by atoms with van der Waals surface area (Å²) in [6.07, 6.45) is 1.56. The Morgan fingerprint density at radius 1 is 1.13 bits per heavy atom. The van der Waals surface area contributed by atoms with Gasteiger partial charge in [-0.3, -0.25) is 4.68 Å². The molecule has 0 fully saturated rings. The van der Waals surface area contributed by atoms with Gasteiger partial charge in [0.05, 0.1) is 18.8 Å². The number of nitrogens with zero attached hydrogens (tertiary/aromatic N) is 6. The van der Waals surface area contributed by atoms with E-state index >= 15 is 0 Å². The zero-order valence-corrected chi connectivity index (χ0v) is 13.6. The summed E-state index contributed by atoms with van der Waals surface area (Å²) < 4.78 is 3.62. The summed E-state index contributed by atoms with van der Waals surface area (Å²) in [6.45, 7) is 5.24. The van der Waals surface area contributed by atoms with Crippen molar-refractivity contribution < 1.29 is 0 Å². The summed E-state index contributed by atoms with van der Waals surface area (Å²) in [5.74, 6) is 0.175. The smallest absolute Gasteiger partial charge is 0.252 e. The van der Waals surface area contributed by atoms with Crippen molar-refractivity contribution in [3.05, 3.63) is 64.0 Å². The molecule has 3 aromatic rings. The number of halogens is 1. The van der Waals surface area contributed by atoms with Crippen molar-refractivity contribution in [3.63, 3.8) is 0 Å². The van der Waals surface area contributed by atoms with E-state index in [1.165, 1.54) is 0 Å². The fraction of sp³-hybridized carbons (Fsp3) is 0.250. The molecule has 2 aromatic heterocycles. The molecule has 0 amide bonds. The number of aromatic nitrogens is 5. The molecule has 3 rings (SSSR count). The second-order valence-electron chi connectivity index (χ2n) is 5.31. The molecule has 0 unspecified atom stereocenters. The first-order chi connectivity index (χ1) is 11.1. The Labute approximate surface area is 139 Å². The van der Waals surface area contributed by atoms with E-state index in [0.717, 1.165) is 27.5 Å². The van der Waals surface area contributed by atoms with Crippen LogP contribution >= 0.6 is 11.6 Å². The van der Waals surface area contributed by atoms with E-state index < -0.39 is 0 Å². The number of rotatable bonds is 4. The van der Waals surface area contributed by atoms with E-state index in [4.69, 9.17) is 16.9 Å². The van der Waals surface area contributed by atoms with E-state index in [1.54, 1.807) is 11.0 Å². The van der Waals surface area contributed by atoms with Gasteiger partial charge in [0.2, 0.25) is 0 Å². The van der Waals surface area contributed by atoms with Gasteiger partial charge < -0.3 is 0 Å². The van der Waals surface area contributed by atoms with Crippen molar-refractivity contribution >= 4 is 11.6 Å². The zero-order valence-electron chi connectivity index (χ0n) is 12.9. The highest BCUT2D eigenvalue weighted by atomic mass is 35.5. The van der Waals surface area contributed by atoms with Crippen LogP contribution in [0.15, 0.2) is 30.6 Å². The molecule has 0 radical (unpaired) electrons. The first-order valence-electron chi connectivity index (χ1n) is 7.13. The first kappa shape index (κ1) is 15.3. The number of benzene rings is 1. The van der Waals surface area contributed by atoms with Crippen LogP contribution in [0.3, 0.4) is 0 Å². The molecule has 2 heterocycles. The Morgan fingerprint density at radius 3 is 2.52 bits per heavy atom. The Hall–Kier alpha value is -2.65. The highest BCUT2D eigenvalue weighted by molar-refractivity contribution is 6.30. The van der Waals surface area contributed by atoms with E-state index in [-0.39, 0.29) is 5.82 Å². The molecule has 0 aliphatic carbocycles. The molecule has 116 valence electrons. The van der Waals surface area contributed by atoms with Gasteiger partial charge in [-0.1, -0.05) is 23.7 Å². The maximum Gasteiger partial charge on any atom is 0.252 e. The summed E-state index contributed by atoms with van der Waals surface area (Å²) in [4.78, 5) is 3.92. The highest BCUT2D eigenvalue weighted by Gasteiger charge is 2.13. The lowest BCUT2D eigenvalue weighted by molar-refractivity contribution is 0.650. The van der Waals surface area contributed by atoms with E-state index in [9.17, 15) is 0 Å². The quantitative estimate of drug-likeness (QED) is 0.739. The molecule has 7 heteroatoms. The van der Waals surface area contributed by atoms with E-state index in [2.05, 4.69) is 15.2 Å². The first-order valence-corrected chi connectivity index (χ1v) is 7.51. The van der Waals surface area contributed by atoms with Crippen LogP contribution in [0.4, 0.5) is 0 Å². The molecule has 0 bridgehead atoms. The minimum absolute atomic E-state index is 0.175. The van der Waals surface area contributed by atoms with Crippen LogP contribution in [0.2, 0.25) is 5.02 Å². The van der Waals surface area contributed by atoms with E-state index in [1.807, 2.05) is 48.9 Å². The fourth-order valence-corrected chi connectivity index (χ4v) is 2.59. The lowest BCUT2D eigenvalue weighted by atomic mass is 10.2. The largest absolute Gasteiger partial charge is 0.265 e. The molecular formula is C16H15ClN6. The van der Waals surface area contributed by atoms with Crippen LogP contribution in [0.25, 0.3) is 0 Å². The Balaban J connectivity index is 1.84. The molecule has 23 heavy (non-hydrogen) atoms. The average molecular weight is 327 g/mol. The lowest BCUT2D eigenvalue weighted by Gasteiger charge is -2.06. The van der Waals surface area contributed by atoms with Crippen LogP contribution in [-0.2, 0) is 13.1 Å². The lowest BCUT2D eigenvalue weighted by Crippen LogP contribution is -2.06. The fourth-order valence-electron chi connectivity index (χ4n) is 2.46. The molecule has 0 N–H and O–H groups in total. The van der Waals surface area contributed by atoms with Gasteiger partial charge in [-0.15, -0.1) is 5.10 Å². The molecule has 0 aliphatic heterocycles. The van der Waals surface area contributed by atoms with Crippen molar-refractivity contribution in [1.82, 2.24) is 24.5 Å². The topological polar surface area (TPSA) is 72.3 Å². The predicted molar refractivity (Wildman–Crippen MR) is 86.1 cm³/mol. The Morgan fingerprint density at radius 2 is 1.87 bits per heavy atom. The zero-order chi connectivity index (χ0) is 16.4. The van der Waals surface area contributed by atoms with Gasteiger partial charge in [-0.25, -0.2) is 9.67 Å². The number of aryl methyl sites for hydroxylation is 1. The third kappa shape index (κ3) is 3.25. The second kappa shape index (κ2) is 6.23. The third-order valence-electron chi connectivity index (χ3n) is 3.73. The van der Waals surface area contributed by atoms with Crippen LogP contribution < -0.4 is 0 Å². The third-order valence-corrected chi connectivity index (χ3v) is 3.99. The van der Waals surface area contributed by atoms with Crippen molar-refractivity contribution in [2.75, 3.05) is 0 Å². The normalized spacial score (nSPS) is 10.7. The van der Waals surface area contributed by atoms with Gasteiger partial charge in [-0.2, -0.15) is 10.4 Å². The Bertz CT molecular complexity index is 869. The molecule has 6 nitrogen and oxygen atoms in total. The molecule has 0 saturated carbocycles. The van der Waals surface area contributed by atoms with Gasteiger partial charge in [0.15, 0.2) is 0 Å². The monoisotopic (exact) mass is 326 g/mol. The van der Waals surface area contributed by atoms with Crippen LogP contribution in [0.5, 0.6) is 0 Å². The van der Waals surface area contributed by atoms with Gasteiger partial charge >= 0.3 is 0 Å². The van der Waals surface area contributed by atoms with Gasteiger partial charge in [-0.05, 0) is 31.5 Å². The standard InChI is InChI=1S/C16H15ClN6/c1-11-15(9-22-10-19-16(7-18)21-22)12(2)23(20-11)8-13-3-5-14(17)6-4-13/h3-6,10H,8-9H2,1-2H3. The molecule has 0 aliphatic rings. The highest BCUT2D eigenvalue weighted by Crippen LogP contribution is 2.17. The van der Waals surface area contributed by atoms with Crippen LogP contribution in [-0.4, -0.2) is 24.5 Å². The minimum Gasteiger partial charge on any atom is -0.265 e. The molecule has 0 atom stereocenters. The van der Waals surface area contributed by atoms with Crippen molar-refractivity contribution in [1.29, 1.82) is 5.26 Å². The number of hydrogen-bond donors (Lipinski definition) is 0. The summed E-state index contributed by atoms with van der Waals surface area (Å²) in [5.41, 5.74) is 4.25. The van der Waals surface area contributed by atoms with Crippen LogP contribution in [0.1, 0.15) is 28.3 Å². The Kier molecular flexibility index (Phi) is 4.13. The van der Waals surface area contributed by atoms with Crippen molar-refractivity contribution in [3.8, 4) is 6.07 Å². The predicted octanol–water partition coefficient (Wildman–Crippen LogP) is 2.71. The van der Waals surface area contributed by atoms with Crippen molar-refractivity contribution in [2.24, 2.45) is 0 Å². The number of nitriles is 1. The average Bonchev–Trinajstić information content (AvgIpc) is 3.10. The van der Waals surface area contributed by atoms with E-state index in [0.29, 0.717) is 13.1 Å². The second-order valence-corrected chi connectivity index (χ2v) is 5.75. The number of hydrogen-bond acceptors (Lipinski definition) is 4. The maximum atomic E-state index is 8.80. The molecular weight excluding hydrogens is 312 g/mol. The van der Waals surface area contributed by atoms with Gasteiger partial charge in [0.1, 0.15) is 12.4 Å². The molecule has 1 aromatic carbocycles. The summed E-state index contributed by atoms with van der Waals surface area (Å²) >= 11 is 5.92. The summed E-state index contributed by atoms with van der Waals surface area (Å²) in [6, 6.07) is 9.67. The minimum atomic E-state index is 0.175. The summed E-state index contributed by atoms with van der Waals surface area (Å²) in [5, 5.41) is 18.2. The van der Waals surface area contributed by atoms with Gasteiger partial charge in [0.25, 0.3) is 5.82 Å². The SMILES string of the molecule is Cc1nn(Cc2ccc(Cl)cc2)c(C)c1Cn1cnc(C#N)n1. The van der Waals surface area contributed by atoms with Gasteiger partial charge in [0, 0.05) is 16.3 Å². The maximum absolute atomic E-state index is 8.80. The van der Waals surface area contributed by atoms with Crippen molar-refractivity contribution in [2.45, 2.75) is 26.9 Å². The summed E-state index contributed by atoms with van der Waals surface area (Å²) in [7, 11) is 0.